The minimum atomic E-state index is -4.71. The number of rotatable bonds is 2. The summed E-state index contributed by atoms with van der Waals surface area (Å²) in [5, 5.41) is 0. The zero-order valence-corrected chi connectivity index (χ0v) is 11.5. The Labute approximate surface area is 116 Å². The van der Waals surface area contributed by atoms with E-state index in [1.807, 2.05) is 6.92 Å². The van der Waals surface area contributed by atoms with E-state index >= 15 is 0 Å². The van der Waals surface area contributed by atoms with Crippen LogP contribution in [-0.2, 0) is 9.53 Å². The van der Waals surface area contributed by atoms with Crippen LogP contribution in [0.4, 0.5) is 13.2 Å². The average Bonchev–Trinajstić information content (AvgIpc) is 2.32. The van der Waals surface area contributed by atoms with Gasteiger partial charge in [0.25, 0.3) is 0 Å². The molecule has 0 aromatic carbocycles. The fraction of sp³-hybridized carbons (Fsp3) is 0.800. The molecular weight excluding hydrogens is 269 g/mol. The van der Waals surface area contributed by atoms with Crippen molar-refractivity contribution < 1.29 is 22.7 Å². The Hall–Kier alpha value is -1.00. The van der Waals surface area contributed by atoms with Gasteiger partial charge >= 0.3 is 12.1 Å². The van der Waals surface area contributed by atoms with E-state index < -0.39 is 23.3 Å². The van der Waals surface area contributed by atoms with Crippen LogP contribution < -0.4 is 0 Å². The van der Waals surface area contributed by atoms with E-state index in [-0.39, 0.29) is 5.92 Å². The van der Waals surface area contributed by atoms with Gasteiger partial charge in [0.1, 0.15) is 11.2 Å². The normalized spacial score (nSPS) is 42.6. The Balaban J connectivity index is 1.79. The number of esters is 1. The fourth-order valence-electron chi connectivity index (χ4n) is 4.76. The average molecular weight is 288 g/mol. The quantitative estimate of drug-likeness (QED) is 0.569. The lowest BCUT2D eigenvalue weighted by atomic mass is 9.50. The molecule has 0 saturated heterocycles. The summed E-state index contributed by atoms with van der Waals surface area (Å²) in [4.78, 5) is 11.8. The smallest absolute Gasteiger partial charge is 0.422 e. The molecule has 4 rings (SSSR count). The summed E-state index contributed by atoms with van der Waals surface area (Å²) >= 11 is 0. The second kappa shape index (κ2) is 4.25. The molecule has 2 nitrogen and oxygen atoms in total. The molecule has 4 saturated carbocycles. The minimum Gasteiger partial charge on any atom is -0.455 e. The molecule has 0 amide bonds. The summed E-state index contributed by atoms with van der Waals surface area (Å²) in [5.74, 6) is 0.381. The van der Waals surface area contributed by atoms with Crippen molar-refractivity contribution >= 4 is 5.97 Å². The van der Waals surface area contributed by atoms with E-state index in [4.69, 9.17) is 4.74 Å². The highest BCUT2D eigenvalue weighted by Crippen LogP contribution is 2.60. The Bertz CT molecular complexity index is 441. The largest absolute Gasteiger partial charge is 0.455 e. The molecule has 20 heavy (non-hydrogen) atoms. The van der Waals surface area contributed by atoms with Crippen LogP contribution in [0.3, 0.4) is 0 Å². The number of carbonyl (C=O) groups excluding carboxylic acids is 1. The highest BCUT2D eigenvalue weighted by atomic mass is 19.4. The molecule has 3 unspecified atom stereocenters. The second-order valence-corrected chi connectivity index (χ2v) is 6.83. The van der Waals surface area contributed by atoms with Crippen molar-refractivity contribution in [3.05, 3.63) is 12.2 Å². The maximum atomic E-state index is 12.6. The van der Waals surface area contributed by atoms with E-state index in [1.165, 1.54) is 0 Å². The zero-order chi connectivity index (χ0) is 14.7. The molecule has 4 bridgehead atoms. The Morgan fingerprint density at radius 2 is 1.75 bits per heavy atom. The number of hydrogen-bond donors (Lipinski definition) is 0. The van der Waals surface area contributed by atoms with E-state index in [1.54, 1.807) is 0 Å². The molecule has 0 N–H and O–H groups in total. The first-order chi connectivity index (χ1) is 9.21. The Kier molecular flexibility index (Phi) is 2.96. The van der Waals surface area contributed by atoms with Gasteiger partial charge in [-0.1, -0.05) is 13.5 Å². The van der Waals surface area contributed by atoms with Gasteiger partial charge in [-0.2, -0.15) is 13.2 Å². The van der Waals surface area contributed by atoms with Crippen molar-refractivity contribution in [1.82, 2.24) is 0 Å². The fourth-order valence-corrected chi connectivity index (χ4v) is 4.76. The third-order valence-corrected chi connectivity index (χ3v) is 5.63. The highest BCUT2D eigenvalue weighted by molar-refractivity contribution is 5.89. The Morgan fingerprint density at radius 1 is 1.20 bits per heavy atom. The van der Waals surface area contributed by atoms with Gasteiger partial charge in [0.2, 0.25) is 0 Å². The molecule has 0 radical (unpaired) electrons. The van der Waals surface area contributed by atoms with Crippen molar-refractivity contribution in [3.8, 4) is 0 Å². The first-order valence-electron chi connectivity index (χ1n) is 7.21. The number of hydrogen-bond acceptors (Lipinski definition) is 2. The Morgan fingerprint density at radius 3 is 2.25 bits per heavy atom. The number of ether oxygens (including phenoxy) is 1. The van der Waals surface area contributed by atoms with E-state index in [9.17, 15) is 18.0 Å². The lowest BCUT2D eigenvalue weighted by Crippen LogP contribution is -2.58. The van der Waals surface area contributed by atoms with Crippen LogP contribution in [0.1, 0.15) is 39.0 Å². The molecule has 4 aliphatic carbocycles. The van der Waals surface area contributed by atoms with Gasteiger partial charge in [0.05, 0.1) is 0 Å². The summed E-state index contributed by atoms with van der Waals surface area (Å²) < 4.78 is 43.1. The van der Waals surface area contributed by atoms with Gasteiger partial charge in [-0.15, -0.1) is 0 Å². The molecule has 0 aromatic rings. The summed E-state index contributed by atoms with van der Waals surface area (Å²) in [5.41, 5.74) is -2.07. The predicted octanol–water partition coefficient (Wildman–Crippen LogP) is 3.86. The summed E-state index contributed by atoms with van der Waals surface area (Å²) in [6, 6.07) is 0. The van der Waals surface area contributed by atoms with Gasteiger partial charge in [-0.05, 0) is 55.8 Å². The first-order valence-corrected chi connectivity index (χ1v) is 7.21. The zero-order valence-electron chi connectivity index (χ0n) is 11.5. The number of halogens is 3. The maximum absolute atomic E-state index is 12.6. The van der Waals surface area contributed by atoms with Gasteiger partial charge in [-0.3, -0.25) is 0 Å². The van der Waals surface area contributed by atoms with Crippen LogP contribution in [0.25, 0.3) is 0 Å². The highest BCUT2D eigenvalue weighted by Gasteiger charge is 2.58. The first kappa shape index (κ1) is 14.0. The number of carbonyl (C=O) groups is 1. The van der Waals surface area contributed by atoms with Gasteiger partial charge in [0.15, 0.2) is 0 Å². The summed E-state index contributed by atoms with van der Waals surface area (Å²) in [6.07, 6.45) is 0.149. The predicted molar refractivity (Wildman–Crippen MR) is 66.7 cm³/mol. The molecule has 112 valence electrons. The van der Waals surface area contributed by atoms with Gasteiger partial charge in [-0.25, -0.2) is 4.79 Å². The summed E-state index contributed by atoms with van der Waals surface area (Å²) in [6.45, 7) is 4.87. The topological polar surface area (TPSA) is 26.3 Å². The molecule has 5 heteroatoms. The monoisotopic (exact) mass is 288 g/mol. The maximum Gasteiger partial charge on any atom is 0.422 e. The lowest BCUT2D eigenvalue weighted by Gasteiger charge is -2.59. The van der Waals surface area contributed by atoms with E-state index in [2.05, 4.69) is 6.58 Å². The van der Waals surface area contributed by atoms with E-state index in [0.717, 1.165) is 32.1 Å². The lowest BCUT2D eigenvalue weighted by molar-refractivity contribution is -0.206. The molecule has 4 fully saturated rings. The van der Waals surface area contributed by atoms with Crippen molar-refractivity contribution in [2.24, 2.45) is 23.7 Å². The minimum absolute atomic E-state index is 0.153. The molecule has 0 aromatic heterocycles. The second-order valence-electron chi connectivity index (χ2n) is 6.83. The van der Waals surface area contributed by atoms with Crippen molar-refractivity contribution in [1.29, 1.82) is 0 Å². The van der Waals surface area contributed by atoms with Crippen LogP contribution >= 0.6 is 0 Å². The standard InChI is InChI=1S/C15H19F3O2/c1-8-12-4-10-3-11(5-12)7-14(8,6-10)20-13(19)9(2)15(16,17)18/h8,10-12H,2-7H2,1H3. The molecule has 0 spiro atoms. The van der Waals surface area contributed by atoms with Crippen LogP contribution in [0.2, 0.25) is 0 Å². The molecule has 4 aliphatic rings. The van der Waals surface area contributed by atoms with E-state index in [0.29, 0.717) is 17.8 Å². The van der Waals surface area contributed by atoms with Crippen LogP contribution in [0.5, 0.6) is 0 Å². The van der Waals surface area contributed by atoms with Crippen LogP contribution in [0, 0.1) is 23.7 Å². The van der Waals surface area contributed by atoms with Gasteiger partial charge < -0.3 is 4.74 Å². The summed E-state index contributed by atoms with van der Waals surface area (Å²) in [7, 11) is 0. The molecule has 0 heterocycles. The van der Waals surface area contributed by atoms with Gasteiger partial charge in [0, 0.05) is 0 Å². The number of alkyl halides is 3. The molecular formula is C15H19F3O2. The van der Waals surface area contributed by atoms with Crippen LogP contribution in [0.15, 0.2) is 12.2 Å². The van der Waals surface area contributed by atoms with Crippen molar-refractivity contribution in [2.75, 3.05) is 0 Å². The van der Waals surface area contributed by atoms with Crippen LogP contribution in [-0.4, -0.2) is 17.7 Å². The molecule has 0 aliphatic heterocycles. The molecule has 3 atom stereocenters. The van der Waals surface area contributed by atoms with Crippen molar-refractivity contribution in [2.45, 2.75) is 50.8 Å². The SMILES string of the molecule is C=C(C(=O)OC12CC3CC(CC(C3)C1C)C2)C(F)(F)F. The van der Waals surface area contributed by atoms with Crippen molar-refractivity contribution in [3.63, 3.8) is 0 Å². The third kappa shape index (κ3) is 2.06. The third-order valence-electron chi connectivity index (χ3n) is 5.63.